The Morgan fingerprint density at radius 1 is 0.841 bits per heavy atom. The molecule has 0 amide bonds. The molecule has 0 aromatic heterocycles. The molecule has 4 aromatic rings. The van der Waals surface area contributed by atoms with E-state index in [0.717, 1.165) is 23.3 Å². The van der Waals surface area contributed by atoms with Crippen LogP contribution in [0.5, 0.6) is 17.2 Å². The standard InChI is InChI=1S/C19H22O4.C18H21O.Co.O/c1-14(21)23-18-10-6-16(7-11-18)19(2,12-3-13-20)15-4-8-17(22)9-5-15;1-13-7-6-8-15(11-13)18(3,4)16-9-10-17(19-5)14(2)12-16;;/h4-11,20,22H,3,12-13H2,1-2H3;6,8-12H,1-5H3;;/q;-1;;. The topological polar surface area (TPSA) is 93.1 Å². The molecular formula is C37H43CoO6-. The van der Waals surface area contributed by atoms with Crippen molar-refractivity contribution in [2.45, 2.75) is 65.2 Å². The van der Waals surface area contributed by atoms with Gasteiger partial charge < -0.3 is 19.7 Å². The van der Waals surface area contributed by atoms with Crippen molar-refractivity contribution in [2.24, 2.45) is 0 Å². The third-order valence-corrected chi connectivity index (χ3v) is 7.88. The molecule has 1 unspecified atom stereocenters. The molecule has 0 fully saturated rings. The molecule has 0 bridgehead atoms. The number of benzene rings is 4. The van der Waals surface area contributed by atoms with Crippen molar-refractivity contribution in [3.8, 4) is 17.2 Å². The molecule has 0 aliphatic heterocycles. The molecule has 7 heteroatoms. The van der Waals surface area contributed by atoms with Crippen LogP contribution in [0.1, 0.15) is 73.9 Å². The number of phenolic OH excluding ortho intramolecular Hbond substituents is 1. The van der Waals surface area contributed by atoms with Gasteiger partial charge in [0.15, 0.2) is 0 Å². The van der Waals surface area contributed by atoms with E-state index in [0.29, 0.717) is 12.2 Å². The number of hydrogen-bond acceptors (Lipinski definition) is 6. The maximum absolute atomic E-state index is 11.0. The van der Waals surface area contributed by atoms with Crippen LogP contribution >= 0.6 is 0 Å². The summed E-state index contributed by atoms with van der Waals surface area (Å²) in [4.78, 5) is 11.0. The van der Waals surface area contributed by atoms with Crippen LogP contribution in [-0.2, 0) is 35.2 Å². The van der Waals surface area contributed by atoms with Crippen molar-refractivity contribution in [3.05, 3.63) is 124 Å². The van der Waals surface area contributed by atoms with Crippen LogP contribution in [0.4, 0.5) is 0 Å². The van der Waals surface area contributed by atoms with E-state index in [1.54, 1.807) is 31.4 Å². The van der Waals surface area contributed by atoms with Gasteiger partial charge in [0.1, 0.15) is 17.2 Å². The van der Waals surface area contributed by atoms with Crippen molar-refractivity contribution < 1.29 is 44.0 Å². The second kappa shape index (κ2) is 16.9. The summed E-state index contributed by atoms with van der Waals surface area (Å²) in [6.07, 6.45) is 1.43. The average Bonchev–Trinajstić information content (AvgIpc) is 3.01. The van der Waals surface area contributed by atoms with Crippen molar-refractivity contribution in [1.29, 1.82) is 0 Å². The van der Waals surface area contributed by atoms with Crippen molar-refractivity contribution in [2.75, 3.05) is 13.7 Å². The Kier molecular flexibility index (Phi) is 14.0. The van der Waals surface area contributed by atoms with Crippen LogP contribution in [-0.4, -0.2) is 29.9 Å². The third-order valence-electron chi connectivity index (χ3n) is 7.88. The van der Waals surface area contributed by atoms with Gasteiger partial charge in [0.25, 0.3) is 0 Å². The first-order chi connectivity index (χ1) is 20.9. The first kappa shape index (κ1) is 36.4. The fourth-order valence-corrected chi connectivity index (χ4v) is 5.18. The summed E-state index contributed by atoms with van der Waals surface area (Å²) in [6.45, 7) is 12.3. The molecule has 237 valence electrons. The Morgan fingerprint density at radius 2 is 1.39 bits per heavy atom. The molecule has 0 radical (unpaired) electrons. The summed E-state index contributed by atoms with van der Waals surface area (Å²) < 4.78 is 18.3. The number of ether oxygens (including phenoxy) is 2. The zero-order valence-electron chi connectivity index (χ0n) is 26.6. The van der Waals surface area contributed by atoms with Gasteiger partial charge in [-0.3, -0.25) is 4.79 Å². The van der Waals surface area contributed by atoms with E-state index in [2.05, 4.69) is 80.6 Å². The molecule has 4 aromatic carbocycles. The fourth-order valence-electron chi connectivity index (χ4n) is 5.18. The molecule has 0 saturated heterocycles. The van der Waals surface area contributed by atoms with Gasteiger partial charge in [-0.15, -0.1) is 5.56 Å². The zero-order chi connectivity index (χ0) is 32.9. The van der Waals surface area contributed by atoms with Crippen LogP contribution in [0.15, 0.2) is 84.9 Å². The van der Waals surface area contributed by atoms with Crippen molar-refractivity contribution in [3.63, 3.8) is 0 Å². The second-order valence-corrected chi connectivity index (χ2v) is 11.4. The van der Waals surface area contributed by atoms with Crippen LogP contribution < -0.4 is 9.47 Å². The fraction of sp³-hybridized carbons (Fsp3) is 0.324. The third kappa shape index (κ3) is 9.61. The average molecular weight is 643 g/mol. The Balaban J connectivity index is 0.000000295. The number of aromatic hydroxyl groups is 1. The van der Waals surface area contributed by atoms with E-state index in [4.69, 9.17) is 13.3 Å². The molecule has 0 heterocycles. The molecule has 1 atom stereocenters. The van der Waals surface area contributed by atoms with Crippen LogP contribution in [0.25, 0.3) is 0 Å². The minimum absolute atomic E-state index is 0.0170. The van der Waals surface area contributed by atoms with Gasteiger partial charge in [-0.2, -0.15) is 29.8 Å². The van der Waals surface area contributed by atoms with E-state index in [-0.39, 0.29) is 29.2 Å². The number of hydrogen-bond donors (Lipinski definition) is 2. The summed E-state index contributed by atoms with van der Waals surface area (Å²) >= 11 is 2.31. The number of aryl methyl sites for hydroxylation is 2. The van der Waals surface area contributed by atoms with Crippen LogP contribution in [0, 0.1) is 19.9 Å². The van der Waals surface area contributed by atoms with E-state index in [9.17, 15) is 15.0 Å². The SMILES string of the molecule is CC(=O)Oc1ccc(C(C)(CCCO)c2ccc(O)cc2)cc1.COc1ccc(C(C)(C)c2cc[c-]c(C)c2)cc1C.[O]=[Co]. The van der Waals surface area contributed by atoms with Crippen molar-refractivity contribution in [1.82, 2.24) is 0 Å². The van der Waals surface area contributed by atoms with Gasteiger partial charge in [-0.25, -0.2) is 0 Å². The summed E-state index contributed by atoms with van der Waals surface area (Å²) in [5.74, 6) is 1.33. The van der Waals surface area contributed by atoms with Crippen LogP contribution in [0.2, 0.25) is 0 Å². The van der Waals surface area contributed by atoms with E-state index in [1.165, 1.54) is 29.2 Å². The molecule has 0 aliphatic rings. The van der Waals surface area contributed by atoms with E-state index < -0.39 is 0 Å². The maximum atomic E-state index is 11.0. The Hall–Kier alpha value is -3.78. The van der Waals surface area contributed by atoms with Crippen molar-refractivity contribution >= 4 is 5.97 Å². The number of carbonyl (C=O) groups excluding carboxylic acids is 1. The van der Waals surface area contributed by atoms with Gasteiger partial charge in [-0.05, 0) is 77.8 Å². The minimum atomic E-state index is -0.348. The molecule has 6 nitrogen and oxygen atoms in total. The van der Waals surface area contributed by atoms with Gasteiger partial charge in [-0.1, -0.05) is 64.1 Å². The quantitative estimate of drug-likeness (QED) is 0.110. The molecule has 0 aliphatic carbocycles. The molecule has 0 spiro atoms. The summed E-state index contributed by atoms with van der Waals surface area (Å²) in [7, 11) is 1.71. The molecule has 4 rings (SSSR count). The Labute approximate surface area is 269 Å². The van der Waals surface area contributed by atoms with Gasteiger partial charge in [0.05, 0.1) is 7.11 Å². The number of aliphatic hydroxyl groups is 1. The van der Waals surface area contributed by atoms with Gasteiger partial charge in [0.2, 0.25) is 0 Å². The number of phenols is 1. The predicted octanol–water partition coefficient (Wildman–Crippen LogP) is 7.71. The first-order valence-corrected chi connectivity index (χ1v) is 14.8. The molecule has 2 N–H and O–H groups in total. The summed E-state index contributed by atoms with van der Waals surface area (Å²) in [5, 5.41) is 18.7. The van der Waals surface area contributed by atoms with E-state index in [1.807, 2.05) is 36.4 Å². The Morgan fingerprint density at radius 3 is 1.89 bits per heavy atom. The number of aliphatic hydroxyl groups excluding tert-OH is 1. The Bertz CT molecular complexity index is 1480. The van der Waals surface area contributed by atoms with Crippen LogP contribution in [0.3, 0.4) is 0 Å². The summed E-state index contributed by atoms with van der Waals surface area (Å²) in [5.41, 5.74) is 6.77. The monoisotopic (exact) mass is 642 g/mol. The molecule has 44 heavy (non-hydrogen) atoms. The van der Waals surface area contributed by atoms with Gasteiger partial charge >= 0.3 is 25.5 Å². The number of carbonyl (C=O) groups is 1. The van der Waals surface area contributed by atoms with Gasteiger partial charge in [0, 0.05) is 18.9 Å². The molecular weight excluding hydrogens is 599 g/mol. The van der Waals surface area contributed by atoms with E-state index >= 15 is 0 Å². The second-order valence-electron chi connectivity index (χ2n) is 11.4. The summed E-state index contributed by atoms with van der Waals surface area (Å²) in [6, 6.07) is 30.5. The number of rotatable bonds is 9. The molecule has 0 saturated carbocycles. The number of methoxy groups -OCH3 is 1. The predicted molar refractivity (Wildman–Crippen MR) is 169 cm³/mol. The first-order valence-electron chi connectivity index (χ1n) is 14.4. The zero-order valence-corrected chi connectivity index (χ0v) is 27.6. The number of esters is 1. The normalized spacial score (nSPS) is 12.0.